The third-order valence-electron chi connectivity index (χ3n) is 3.24. The van der Waals surface area contributed by atoms with Crippen molar-refractivity contribution in [2.75, 3.05) is 6.61 Å². The van der Waals surface area contributed by atoms with Gasteiger partial charge in [0.15, 0.2) is 0 Å². The molecule has 2 atom stereocenters. The average Bonchev–Trinajstić information content (AvgIpc) is 3.04. The minimum atomic E-state index is 0.0627. The molecule has 2 unspecified atom stereocenters. The molecule has 20 heavy (non-hydrogen) atoms. The number of fused-ring (bicyclic) bond motifs is 1. The Morgan fingerprint density at radius 1 is 1.50 bits per heavy atom. The van der Waals surface area contributed by atoms with Crippen LogP contribution >= 0.6 is 23.4 Å². The summed E-state index contributed by atoms with van der Waals surface area (Å²) in [5, 5.41) is 1.08. The molecule has 0 radical (unpaired) electrons. The van der Waals surface area contributed by atoms with Crippen molar-refractivity contribution in [3.63, 3.8) is 0 Å². The summed E-state index contributed by atoms with van der Waals surface area (Å²) in [6.45, 7) is 5.13. The van der Waals surface area contributed by atoms with Crippen LogP contribution in [0.1, 0.15) is 11.7 Å². The highest BCUT2D eigenvalue weighted by Crippen LogP contribution is 2.47. The quantitative estimate of drug-likeness (QED) is 0.783. The molecule has 104 valence electrons. The molecule has 3 rings (SSSR count). The van der Waals surface area contributed by atoms with E-state index in [2.05, 4.69) is 22.2 Å². The first-order chi connectivity index (χ1) is 9.78. The Morgan fingerprint density at radius 3 is 3.15 bits per heavy atom. The number of imidazole rings is 1. The molecular weight excluding hydrogens is 292 g/mol. The Morgan fingerprint density at radius 2 is 2.40 bits per heavy atom. The van der Waals surface area contributed by atoms with Gasteiger partial charge in [-0.25, -0.2) is 4.98 Å². The summed E-state index contributed by atoms with van der Waals surface area (Å²) < 4.78 is 8.04. The Kier molecular flexibility index (Phi) is 4.15. The Hall–Kier alpha value is -1.23. The van der Waals surface area contributed by atoms with Crippen LogP contribution in [0.25, 0.3) is 0 Å². The van der Waals surface area contributed by atoms with Gasteiger partial charge in [0, 0.05) is 28.9 Å². The molecule has 3 nitrogen and oxygen atoms in total. The van der Waals surface area contributed by atoms with Crippen LogP contribution < -0.4 is 0 Å². The Balaban J connectivity index is 1.84. The van der Waals surface area contributed by atoms with Gasteiger partial charge < -0.3 is 9.30 Å². The third kappa shape index (κ3) is 2.77. The molecule has 0 N–H and O–H groups in total. The molecule has 2 heterocycles. The second-order valence-electron chi connectivity index (χ2n) is 4.64. The molecule has 1 aliphatic heterocycles. The molecule has 0 fully saturated rings. The number of benzene rings is 1. The van der Waals surface area contributed by atoms with Gasteiger partial charge in [-0.2, -0.15) is 0 Å². The number of halogens is 1. The minimum Gasteiger partial charge on any atom is -0.368 e. The molecule has 0 spiro atoms. The number of hydrogen-bond donors (Lipinski definition) is 0. The van der Waals surface area contributed by atoms with Crippen molar-refractivity contribution in [3.05, 3.63) is 60.2 Å². The zero-order valence-corrected chi connectivity index (χ0v) is 12.5. The minimum absolute atomic E-state index is 0.0627. The third-order valence-corrected chi connectivity index (χ3v) is 4.78. The summed E-state index contributed by atoms with van der Waals surface area (Å²) in [4.78, 5) is 5.30. The maximum absolute atomic E-state index is 6.08. The number of ether oxygens (including phenoxy) is 1. The molecule has 0 saturated carbocycles. The molecule has 1 aromatic carbocycles. The summed E-state index contributed by atoms with van der Waals surface area (Å²) >= 11 is 7.90. The summed E-state index contributed by atoms with van der Waals surface area (Å²) in [6, 6.07) is 6.00. The van der Waals surface area contributed by atoms with Gasteiger partial charge in [0.05, 0.1) is 24.3 Å². The Labute approximate surface area is 127 Å². The highest BCUT2D eigenvalue weighted by atomic mass is 35.5. The van der Waals surface area contributed by atoms with Crippen molar-refractivity contribution in [2.45, 2.75) is 22.8 Å². The molecule has 1 aromatic heterocycles. The van der Waals surface area contributed by atoms with Crippen LogP contribution in [0.15, 0.2) is 54.5 Å². The van der Waals surface area contributed by atoms with E-state index < -0.39 is 0 Å². The maximum atomic E-state index is 6.08. The van der Waals surface area contributed by atoms with Crippen molar-refractivity contribution < 1.29 is 4.74 Å². The first-order valence-electron chi connectivity index (χ1n) is 6.42. The Bertz CT molecular complexity index is 600. The van der Waals surface area contributed by atoms with Crippen molar-refractivity contribution >= 4 is 23.4 Å². The zero-order valence-electron chi connectivity index (χ0n) is 10.9. The van der Waals surface area contributed by atoms with Gasteiger partial charge in [-0.1, -0.05) is 23.7 Å². The summed E-state index contributed by atoms with van der Waals surface area (Å²) in [5.74, 6) is 0. The van der Waals surface area contributed by atoms with E-state index in [0.717, 1.165) is 11.6 Å². The first kappa shape index (κ1) is 13.7. The van der Waals surface area contributed by atoms with Gasteiger partial charge in [-0.3, -0.25) is 0 Å². The molecule has 0 aliphatic carbocycles. The van der Waals surface area contributed by atoms with E-state index in [1.165, 1.54) is 10.5 Å². The molecule has 1 aliphatic rings. The topological polar surface area (TPSA) is 27.1 Å². The monoisotopic (exact) mass is 306 g/mol. The predicted octanol–water partition coefficient (Wildman–Crippen LogP) is 3.95. The van der Waals surface area contributed by atoms with Crippen LogP contribution in [0.5, 0.6) is 0 Å². The van der Waals surface area contributed by atoms with E-state index in [-0.39, 0.29) is 6.10 Å². The van der Waals surface area contributed by atoms with E-state index in [0.29, 0.717) is 11.9 Å². The first-order valence-corrected chi connectivity index (χ1v) is 7.68. The van der Waals surface area contributed by atoms with Gasteiger partial charge in [-0.15, -0.1) is 18.3 Å². The highest BCUT2D eigenvalue weighted by Gasteiger charge is 2.34. The van der Waals surface area contributed by atoms with Crippen molar-refractivity contribution in [2.24, 2.45) is 0 Å². The van der Waals surface area contributed by atoms with Crippen LogP contribution in [-0.2, 0) is 11.3 Å². The fourth-order valence-electron chi connectivity index (χ4n) is 2.37. The molecular formula is C15H15ClN2OS. The molecule has 0 saturated heterocycles. The standard InChI is InChI=1S/C15H15ClN2OS/c1-2-7-19-15-12-4-3-11(16)8-13(12)20-14(15)9-18-6-5-17-10-18/h2-6,8,10,14-15H,1,7,9H2. The maximum Gasteiger partial charge on any atom is 0.0979 e. The number of rotatable bonds is 5. The van der Waals surface area contributed by atoms with E-state index in [1.54, 1.807) is 12.3 Å². The van der Waals surface area contributed by atoms with Crippen molar-refractivity contribution in [3.8, 4) is 0 Å². The normalized spacial score (nSPS) is 20.9. The van der Waals surface area contributed by atoms with E-state index >= 15 is 0 Å². The van der Waals surface area contributed by atoms with E-state index in [1.807, 2.05) is 36.4 Å². The number of nitrogens with zero attached hydrogens (tertiary/aromatic N) is 2. The number of thioether (sulfide) groups is 1. The van der Waals surface area contributed by atoms with Gasteiger partial charge in [-0.05, 0) is 17.7 Å². The highest BCUT2D eigenvalue weighted by molar-refractivity contribution is 8.00. The lowest BCUT2D eigenvalue weighted by atomic mass is 10.1. The average molecular weight is 307 g/mol. The zero-order chi connectivity index (χ0) is 13.9. The van der Waals surface area contributed by atoms with Gasteiger partial charge in [0.2, 0.25) is 0 Å². The van der Waals surface area contributed by atoms with Gasteiger partial charge in [0.25, 0.3) is 0 Å². The summed E-state index contributed by atoms with van der Waals surface area (Å²) in [5.41, 5.74) is 1.21. The summed E-state index contributed by atoms with van der Waals surface area (Å²) in [7, 11) is 0. The predicted molar refractivity (Wildman–Crippen MR) is 82.2 cm³/mol. The van der Waals surface area contributed by atoms with Crippen molar-refractivity contribution in [1.82, 2.24) is 9.55 Å². The lowest BCUT2D eigenvalue weighted by Crippen LogP contribution is -2.19. The second-order valence-corrected chi connectivity index (χ2v) is 6.36. The molecule has 0 bridgehead atoms. The van der Waals surface area contributed by atoms with Gasteiger partial charge >= 0.3 is 0 Å². The SMILES string of the molecule is C=CCOC1c2ccc(Cl)cc2SC1Cn1ccnc1. The van der Waals surface area contributed by atoms with Crippen LogP contribution in [0.2, 0.25) is 5.02 Å². The van der Waals surface area contributed by atoms with Crippen LogP contribution in [0, 0.1) is 0 Å². The van der Waals surface area contributed by atoms with Crippen LogP contribution in [0.4, 0.5) is 0 Å². The van der Waals surface area contributed by atoms with Crippen LogP contribution in [0.3, 0.4) is 0 Å². The molecule has 0 amide bonds. The molecule has 5 heteroatoms. The smallest absolute Gasteiger partial charge is 0.0979 e. The van der Waals surface area contributed by atoms with Gasteiger partial charge in [0.1, 0.15) is 0 Å². The fourth-order valence-corrected chi connectivity index (χ4v) is 4.05. The molecule has 2 aromatic rings. The fraction of sp³-hybridized carbons (Fsp3) is 0.267. The number of aromatic nitrogens is 2. The van der Waals surface area contributed by atoms with E-state index in [9.17, 15) is 0 Å². The largest absolute Gasteiger partial charge is 0.368 e. The summed E-state index contributed by atoms with van der Waals surface area (Å²) in [6.07, 6.45) is 7.45. The lowest BCUT2D eigenvalue weighted by molar-refractivity contribution is 0.0704. The van der Waals surface area contributed by atoms with Crippen molar-refractivity contribution in [1.29, 1.82) is 0 Å². The van der Waals surface area contributed by atoms with Crippen LogP contribution in [-0.4, -0.2) is 21.4 Å². The number of hydrogen-bond acceptors (Lipinski definition) is 3. The second kappa shape index (κ2) is 6.04. The lowest BCUT2D eigenvalue weighted by Gasteiger charge is -2.20. The van der Waals surface area contributed by atoms with E-state index in [4.69, 9.17) is 16.3 Å².